The predicted octanol–water partition coefficient (Wildman–Crippen LogP) is 2.55. The van der Waals surface area contributed by atoms with Crippen LogP contribution in [-0.2, 0) is 11.2 Å². The van der Waals surface area contributed by atoms with Crippen LogP contribution in [-0.4, -0.2) is 11.9 Å². The van der Waals surface area contributed by atoms with Crippen molar-refractivity contribution in [3.63, 3.8) is 0 Å². The van der Waals surface area contributed by atoms with Gasteiger partial charge in [-0.05, 0) is 37.8 Å². The van der Waals surface area contributed by atoms with E-state index in [9.17, 15) is 4.79 Å². The molecule has 0 aliphatic carbocycles. The van der Waals surface area contributed by atoms with Gasteiger partial charge in [0.05, 0.1) is 6.04 Å². The van der Waals surface area contributed by atoms with Gasteiger partial charge in [-0.25, -0.2) is 0 Å². The number of amides is 1. The fourth-order valence-corrected chi connectivity index (χ4v) is 1.80. The number of carbonyl (C=O) groups excluding carboxylic acids is 1. The summed E-state index contributed by atoms with van der Waals surface area (Å²) in [6, 6.07) is 8.51. The summed E-state index contributed by atoms with van der Waals surface area (Å²) >= 11 is 0. The largest absolute Gasteiger partial charge is 0.350 e. The van der Waals surface area contributed by atoms with Crippen LogP contribution in [0.4, 0.5) is 0 Å². The van der Waals surface area contributed by atoms with Crippen molar-refractivity contribution < 1.29 is 4.79 Å². The highest BCUT2D eigenvalue weighted by Crippen LogP contribution is 2.14. The van der Waals surface area contributed by atoms with E-state index in [0.717, 1.165) is 18.4 Å². The van der Waals surface area contributed by atoms with Crippen molar-refractivity contribution in [1.82, 2.24) is 5.32 Å². The maximum Gasteiger partial charge on any atom is 0.220 e. The lowest BCUT2D eigenvalue weighted by molar-refractivity contribution is -0.121. The molecule has 2 atom stereocenters. The second kappa shape index (κ2) is 7.17. The zero-order chi connectivity index (χ0) is 13.5. The Morgan fingerprint density at radius 3 is 2.39 bits per heavy atom. The maximum atomic E-state index is 11.7. The lowest BCUT2D eigenvalue weighted by atomic mass is 10.0. The average molecular weight is 248 g/mol. The summed E-state index contributed by atoms with van der Waals surface area (Å²) < 4.78 is 0. The van der Waals surface area contributed by atoms with Crippen LogP contribution in [0.3, 0.4) is 0 Å². The van der Waals surface area contributed by atoms with Crippen molar-refractivity contribution in [2.45, 2.75) is 52.1 Å². The first kappa shape index (κ1) is 14.7. The molecule has 1 aromatic rings. The lowest BCUT2D eigenvalue weighted by Crippen LogP contribution is -2.28. The molecule has 18 heavy (non-hydrogen) atoms. The Kier molecular flexibility index (Phi) is 5.86. The number of benzene rings is 1. The number of hydrogen-bond acceptors (Lipinski definition) is 2. The normalized spacial score (nSPS) is 14.0. The van der Waals surface area contributed by atoms with Crippen LogP contribution in [0.5, 0.6) is 0 Å². The van der Waals surface area contributed by atoms with Gasteiger partial charge in [0.2, 0.25) is 5.91 Å². The Morgan fingerprint density at radius 2 is 1.89 bits per heavy atom. The van der Waals surface area contributed by atoms with E-state index >= 15 is 0 Å². The quantitative estimate of drug-likeness (QED) is 0.813. The van der Waals surface area contributed by atoms with Crippen LogP contribution in [0.25, 0.3) is 0 Å². The van der Waals surface area contributed by atoms with Crippen LogP contribution in [0, 0.1) is 0 Å². The molecule has 0 aliphatic rings. The third-order valence-electron chi connectivity index (χ3n) is 3.09. The summed E-state index contributed by atoms with van der Waals surface area (Å²) in [5, 5.41) is 2.99. The number of nitrogens with one attached hydrogen (secondary N) is 1. The molecular weight excluding hydrogens is 224 g/mol. The van der Waals surface area contributed by atoms with Crippen LogP contribution >= 0.6 is 0 Å². The molecule has 0 bridgehead atoms. The van der Waals surface area contributed by atoms with E-state index in [1.807, 2.05) is 13.8 Å². The summed E-state index contributed by atoms with van der Waals surface area (Å²) in [6.45, 7) is 6.05. The second-order valence-corrected chi connectivity index (χ2v) is 4.90. The highest BCUT2D eigenvalue weighted by atomic mass is 16.1. The minimum absolute atomic E-state index is 0.0523. The molecule has 100 valence electrons. The standard InChI is InChI=1S/C15H24N2O/c1-4-13-6-8-14(9-7-13)12(3)17-15(18)10-5-11(2)16/h6-9,11-12H,4-5,10,16H2,1-3H3,(H,17,18). The van der Waals surface area contributed by atoms with Crippen molar-refractivity contribution in [3.8, 4) is 0 Å². The first-order chi connectivity index (χ1) is 8.52. The lowest BCUT2D eigenvalue weighted by Gasteiger charge is -2.15. The van der Waals surface area contributed by atoms with Crippen LogP contribution in [0.15, 0.2) is 24.3 Å². The zero-order valence-corrected chi connectivity index (χ0v) is 11.6. The molecule has 2 unspecified atom stereocenters. The molecule has 3 N–H and O–H groups in total. The number of hydrogen-bond donors (Lipinski definition) is 2. The number of carbonyl (C=O) groups is 1. The molecule has 0 aliphatic heterocycles. The van der Waals surface area contributed by atoms with Gasteiger partial charge < -0.3 is 11.1 Å². The van der Waals surface area contributed by atoms with Crippen molar-refractivity contribution >= 4 is 5.91 Å². The van der Waals surface area contributed by atoms with E-state index in [2.05, 4.69) is 36.5 Å². The second-order valence-electron chi connectivity index (χ2n) is 4.90. The van der Waals surface area contributed by atoms with Gasteiger partial charge in [0, 0.05) is 12.5 Å². The molecule has 1 aromatic carbocycles. The third-order valence-corrected chi connectivity index (χ3v) is 3.09. The SMILES string of the molecule is CCc1ccc(C(C)NC(=O)CCC(C)N)cc1. The Hall–Kier alpha value is -1.35. The predicted molar refractivity (Wildman–Crippen MR) is 75.3 cm³/mol. The Morgan fingerprint density at radius 1 is 1.28 bits per heavy atom. The molecule has 0 fully saturated rings. The van der Waals surface area contributed by atoms with Crippen molar-refractivity contribution in [2.75, 3.05) is 0 Å². The number of aryl methyl sites for hydroxylation is 1. The van der Waals surface area contributed by atoms with Crippen LogP contribution in [0.2, 0.25) is 0 Å². The Balaban J connectivity index is 2.48. The molecule has 0 saturated heterocycles. The molecule has 1 rings (SSSR count). The molecule has 3 heteroatoms. The molecular formula is C15H24N2O. The molecule has 0 radical (unpaired) electrons. The summed E-state index contributed by atoms with van der Waals surface area (Å²) in [5.74, 6) is 0.0689. The summed E-state index contributed by atoms with van der Waals surface area (Å²) in [7, 11) is 0. The number of rotatable bonds is 6. The van der Waals surface area contributed by atoms with Gasteiger partial charge in [0.15, 0.2) is 0 Å². The summed E-state index contributed by atoms with van der Waals surface area (Å²) in [5.41, 5.74) is 8.09. The summed E-state index contributed by atoms with van der Waals surface area (Å²) in [6.07, 6.45) is 2.26. The van der Waals surface area contributed by atoms with Crippen molar-refractivity contribution in [3.05, 3.63) is 35.4 Å². The van der Waals surface area contributed by atoms with Gasteiger partial charge in [0.1, 0.15) is 0 Å². The highest BCUT2D eigenvalue weighted by Gasteiger charge is 2.09. The molecule has 0 heterocycles. The van der Waals surface area contributed by atoms with E-state index < -0.39 is 0 Å². The van der Waals surface area contributed by atoms with Gasteiger partial charge >= 0.3 is 0 Å². The topological polar surface area (TPSA) is 55.1 Å². The summed E-state index contributed by atoms with van der Waals surface area (Å²) in [4.78, 5) is 11.7. The van der Waals surface area contributed by atoms with E-state index in [0.29, 0.717) is 6.42 Å². The van der Waals surface area contributed by atoms with Crippen molar-refractivity contribution in [1.29, 1.82) is 0 Å². The van der Waals surface area contributed by atoms with E-state index in [4.69, 9.17) is 5.73 Å². The van der Waals surface area contributed by atoms with E-state index in [1.54, 1.807) is 0 Å². The van der Waals surface area contributed by atoms with Gasteiger partial charge in [-0.1, -0.05) is 31.2 Å². The zero-order valence-electron chi connectivity index (χ0n) is 11.6. The van der Waals surface area contributed by atoms with Gasteiger partial charge in [-0.15, -0.1) is 0 Å². The minimum atomic E-state index is 0.0523. The van der Waals surface area contributed by atoms with Gasteiger partial charge in [-0.2, -0.15) is 0 Å². The fourth-order valence-electron chi connectivity index (χ4n) is 1.80. The Bertz CT molecular complexity index is 371. The van der Waals surface area contributed by atoms with Gasteiger partial charge in [0.25, 0.3) is 0 Å². The average Bonchev–Trinajstić information content (AvgIpc) is 2.36. The molecule has 1 amide bonds. The molecule has 0 aromatic heterocycles. The third kappa shape index (κ3) is 4.88. The van der Waals surface area contributed by atoms with Crippen LogP contribution in [0.1, 0.15) is 50.8 Å². The molecule has 0 saturated carbocycles. The highest BCUT2D eigenvalue weighted by molar-refractivity contribution is 5.76. The van der Waals surface area contributed by atoms with E-state index in [1.165, 1.54) is 5.56 Å². The van der Waals surface area contributed by atoms with Crippen molar-refractivity contribution in [2.24, 2.45) is 5.73 Å². The van der Waals surface area contributed by atoms with E-state index in [-0.39, 0.29) is 18.0 Å². The first-order valence-electron chi connectivity index (χ1n) is 6.66. The Labute approximate surface area is 110 Å². The monoisotopic (exact) mass is 248 g/mol. The molecule has 3 nitrogen and oxygen atoms in total. The fraction of sp³-hybridized carbons (Fsp3) is 0.533. The molecule has 0 spiro atoms. The first-order valence-corrected chi connectivity index (χ1v) is 6.66. The smallest absolute Gasteiger partial charge is 0.220 e. The maximum absolute atomic E-state index is 11.7. The number of nitrogens with two attached hydrogens (primary N) is 1. The van der Waals surface area contributed by atoms with Crippen LogP contribution < -0.4 is 11.1 Å². The minimum Gasteiger partial charge on any atom is -0.350 e. The van der Waals surface area contributed by atoms with Gasteiger partial charge in [-0.3, -0.25) is 4.79 Å².